The highest BCUT2D eigenvalue weighted by Crippen LogP contribution is 2.38. The lowest BCUT2D eigenvalue weighted by molar-refractivity contribution is -0.123. The van der Waals surface area contributed by atoms with E-state index in [0.717, 1.165) is 10.8 Å². The normalized spacial score (nSPS) is 11.8. The van der Waals surface area contributed by atoms with E-state index in [0.29, 0.717) is 21.9 Å². The molecule has 0 saturated heterocycles. The molecule has 0 radical (unpaired) electrons. The number of para-hydroxylation sites is 1. The molecule has 1 amide bonds. The zero-order chi connectivity index (χ0) is 20.9. The Bertz CT molecular complexity index is 1180. The Morgan fingerprint density at radius 3 is 2.40 bits per heavy atom. The van der Waals surface area contributed by atoms with E-state index in [1.165, 1.54) is 0 Å². The van der Waals surface area contributed by atoms with Crippen molar-refractivity contribution in [2.75, 3.05) is 6.61 Å². The van der Waals surface area contributed by atoms with Crippen LogP contribution in [-0.2, 0) is 4.79 Å². The van der Waals surface area contributed by atoms with E-state index in [-0.39, 0.29) is 18.3 Å². The number of carbonyl (C=O) groups excluding carboxylic acids is 1. The Morgan fingerprint density at radius 2 is 1.60 bits per heavy atom. The quantitative estimate of drug-likeness (QED) is 0.436. The number of carbonyl (C=O) groups is 1. The van der Waals surface area contributed by atoms with Crippen LogP contribution >= 0.6 is 11.6 Å². The van der Waals surface area contributed by atoms with Gasteiger partial charge in [0, 0.05) is 10.6 Å². The number of hydrogen-bond donors (Lipinski definition) is 2. The fourth-order valence-corrected chi connectivity index (χ4v) is 3.72. The van der Waals surface area contributed by atoms with Crippen LogP contribution < -0.4 is 10.1 Å². The summed E-state index contributed by atoms with van der Waals surface area (Å²) in [6.07, 6.45) is 0. The first-order valence-corrected chi connectivity index (χ1v) is 9.93. The van der Waals surface area contributed by atoms with Crippen molar-refractivity contribution in [3.8, 4) is 11.5 Å². The third-order valence-corrected chi connectivity index (χ3v) is 5.22. The number of fused-ring (bicyclic) bond motifs is 1. The predicted octanol–water partition coefficient (Wildman–Crippen LogP) is 5.48. The first kappa shape index (κ1) is 19.8. The van der Waals surface area contributed by atoms with Crippen LogP contribution in [0.2, 0.25) is 5.02 Å². The number of halogens is 1. The molecule has 0 aliphatic heterocycles. The van der Waals surface area contributed by atoms with E-state index < -0.39 is 6.04 Å². The summed E-state index contributed by atoms with van der Waals surface area (Å²) in [7, 11) is 0. The lowest BCUT2D eigenvalue weighted by atomic mass is 9.92. The summed E-state index contributed by atoms with van der Waals surface area (Å²) in [5, 5.41) is 16.0. The van der Waals surface area contributed by atoms with E-state index in [2.05, 4.69) is 5.32 Å². The minimum atomic E-state index is -0.642. The summed E-state index contributed by atoms with van der Waals surface area (Å²) in [5.74, 6) is 0.369. The number of phenolic OH excluding ortho intramolecular Hbond substituents is 1. The van der Waals surface area contributed by atoms with Crippen molar-refractivity contribution in [1.29, 1.82) is 0 Å². The van der Waals surface area contributed by atoms with Gasteiger partial charge in [-0.25, -0.2) is 0 Å². The van der Waals surface area contributed by atoms with Crippen molar-refractivity contribution in [1.82, 2.24) is 5.32 Å². The number of ether oxygens (including phenoxy) is 1. The summed E-state index contributed by atoms with van der Waals surface area (Å²) >= 11 is 6.46. The molecule has 0 aromatic heterocycles. The van der Waals surface area contributed by atoms with Crippen molar-refractivity contribution in [2.24, 2.45) is 0 Å². The lowest BCUT2D eigenvalue weighted by Gasteiger charge is -2.23. The Kier molecular flexibility index (Phi) is 5.87. The smallest absolute Gasteiger partial charge is 0.258 e. The van der Waals surface area contributed by atoms with Gasteiger partial charge in [-0.15, -0.1) is 0 Å². The topological polar surface area (TPSA) is 58.6 Å². The fraction of sp³-hybridized carbons (Fsp3) is 0.0800. The van der Waals surface area contributed by atoms with Crippen LogP contribution in [0.4, 0.5) is 0 Å². The molecule has 2 N–H and O–H groups in total. The number of amides is 1. The average molecular weight is 418 g/mol. The minimum absolute atomic E-state index is 0.0860. The maximum absolute atomic E-state index is 12.8. The summed E-state index contributed by atoms with van der Waals surface area (Å²) in [6.45, 7) is -0.156. The van der Waals surface area contributed by atoms with Gasteiger partial charge in [0.05, 0.1) is 6.04 Å². The van der Waals surface area contributed by atoms with Gasteiger partial charge >= 0.3 is 0 Å². The Hall–Kier alpha value is -3.50. The molecule has 4 rings (SSSR count). The Morgan fingerprint density at radius 1 is 0.900 bits per heavy atom. The molecule has 150 valence electrons. The van der Waals surface area contributed by atoms with Gasteiger partial charge in [0.1, 0.15) is 11.5 Å². The Balaban J connectivity index is 1.71. The van der Waals surface area contributed by atoms with E-state index in [1.807, 2.05) is 66.7 Å². The fourth-order valence-electron chi connectivity index (χ4n) is 3.47. The average Bonchev–Trinajstić information content (AvgIpc) is 2.78. The second kappa shape index (κ2) is 8.89. The summed E-state index contributed by atoms with van der Waals surface area (Å²) in [4.78, 5) is 12.8. The summed E-state index contributed by atoms with van der Waals surface area (Å²) < 4.78 is 5.58. The number of rotatable bonds is 6. The first-order chi connectivity index (χ1) is 14.6. The van der Waals surface area contributed by atoms with Crippen molar-refractivity contribution >= 4 is 28.3 Å². The third-order valence-electron chi connectivity index (χ3n) is 4.87. The molecule has 0 fully saturated rings. The van der Waals surface area contributed by atoms with Crippen LogP contribution in [0, 0.1) is 0 Å². The first-order valence-electron chi connectivity index (χ1n) is 9.56. The van der Waals surface area contributed by atoms with Gasteiger partial charge in [-0.1, -0.05) is 78.3 Å². The molecule has 4 nitrogen and oxygen atoms in total. The minimum Gasteiger partial charge on any atom is -0.508 e. The highest BCUT2D eigenvalue weighted by Gasteiger charge is 2.24. The Labute approximate surface area is 179 Å². The monoisotopic (exact) mass is 417 g/mol. The molecule has 1 atom stereocenters. The summed E-state index contributed by atoms with van der Waals surface area (Å²) in [6, 6.07) is 27.0. The zero-order valence-electron chi connectivity index (χ0n) is 16.1. The van der Waals surface area contributed by atoms with Gasteiger partial charge in [0.15, 0.2) is 6.61 Å². The molecule has 5 heteroatoms. The van der Waals surface area contributed by atoms with E-state index in [4.69, 9.17) is 16.3 Å². The maximum atomic E-state index is 12.8. The van der Waals surface area contributed by atoms with Gasteiger partial charge in [-0.2, -0.15) is 0 Å². The second-order valence-corrected chi connectivity index (χ2v) is 7.25. The van der Waals surface area contributed by atoms with Gasteiger partial charge in [0.2, 0.25) is 0 Å². The van der Waals surface area contributed by atoms with Crippen LogP contribution in [0.15, 0.2) is 91.0 Å². The van der Waals surface area contributed by atoms with Gasteiger partial charge in [-0.3, -0.25) is 4.79 Å². The van der Waals surface area contributed by atoms with Crippen molar-refractivity contribution in [3.05, 3.63) is 107 Å². The molecular formula is C25H20ClNO3. The van der Waals surface area contributed by atoms with Crippen LogP contribution in [0.25, 0.3) is 10.8 Å². The van der Waals surface area contributed by atoms with E-state index in [1.54, 1.807) is 24.3 Å². The molecule has 0 spiro atoms. The second-order valence-electron chi connectivity index (χ2n) is 6.84. The molecule has 0 saturated carbocycles. The molecule has 1 unspecified atom stereocenters. The lowest BCUT2D eigenvalue weighted by Crippen LogP contribution is -2.33. The molecule has 0 aliphatic rings. The third kappa shape index (κ3) is 4.24. The van der Waals surface area contributed by atoms with Crippen molar-refractivity contribution in [2.45, 2.75) is 6.04 Å². The van der Waals surface area contributed by atoms with Gasteiger partial charge in [0.25, 0.3) is 5.91 Å². The standard InChI is InChI=1S/C25H20ClNO3/c26-21-13-7-6-12-20(21)25(27-23(29)16-30-18-9-2-1-3-10-18)24-19-11-5-4-8-17(19)14-15-22(24)28/h1-15,25,28H,16H2,(H,27,29). The zero-order valence-corrected chi connectivity index (χ0v) is 16.8. The highest BCUT2D eigenvalue weighted by molar-refractivity contribution is 6.31. The summed E-state index contributed by atoms with van der Waals surface area (Å²) in [5.41, 5.74) is 1.29. The predicted molar refractivity (Wildman–Crippen MR) is 119 cm³/mol. The SMILES string of the molecule is O=C(COc1ccccc1)NC(c1ccccc1Cl)c1c(O)ccc2ccccc12. The largest absolute Gasteiger partial charge is 0.508 e. The molecule has 0 heterocycles. The number of benzene rings is 4. The highest BCUT2D eigenvalue weighted by atomic mass is 35.5. The number of hydrogen-bond acceptors (Lipinski definition) is 3. The van der Waals surface area contributed by atoms with Crippen LogP contribution in [0.5, 0.6) is 11.5 Å². The molecular weight excluding hydrogens is 398 g/mol. The van der Waals surface area contributed by atoms with E-state index >= 15 is 0 Å². The number of aromatic hydroxyl groups is 1. The van der Waals surface area contributed by atoms with Crippen LogP contribution in [0.3, 0.4) is 0 Å². The number of nitrogens with one attached hydrogen (secondary N) is 1. The van der Waals surface area contributed by atoms with Crippen LogP contribution in [0.1, 0.15) is 17.2 Å². The molecule has 0 aliphatic carbocycles. The molecule has 4 aromatic carbocycles. The molecule has 30 heavy (non-hydrogen) atoms. The van der Waals surface area contributed by atoms with Gasteiger partial charge in [-0.05, 0) is 40.6 Å². The van der Waals surface area contributed by atoms with Crippen molar-refractivity contribution < 1.29 is 14.6 Å². The molecule has 4 aromatic rings. The van der Waals surface area contributed by atoms with Crippen molar-refractivity contribution in [3.63, 3.8) is 0 Å². The number of phenols is 1. The molecule has 0 bridgehead atoms. The van der Waals surface area contributed by atoms with Gasteiger partial charge < -0.3 is 15.2 Å². The maximum Gasteiger partial charge on any atom is 0.258 e. The van der Waals surface area contributed by atoms with Crippen LogP contribution in [-0.4, -0.2) is 17.6 Å². The van der Waals surface area contributed by atoms with E-state index in [9.17, 15) is 9.90 Å².